The lowest BCUT2D eigenvalue weighted by Gasteiger charge is -2.40. The molecule has 2 heterocycles. The third-order valence-corrected chi connectivity index (χ3v) is 4.17. The van der Waals surface area contributed by atoms with Crippen LogP contribution in [0, 0.1) is 17.8 Å². The predicted molar refractivity (Wildman–Crippen MR) is 70.6 cm³/mol. The monoisotopic (exact) mass is 238 g/mol. The van der Waals surface area contributed by atoms with Crippen LogP contribution >= 0.6 is 0 Å². The zero-order chi connectivity index (χ0) is 12.6. The zero-order valence-corrected chi connectivity index (χ0v) is 11.5. The van der Waals surface area contributed by atoms with Crippen molar-refractivity contribution in [3.8, 4) is 0 Å². The summed E-state index contributed by atoms with van der Waals surface area (Å²) in [5, 5.41) is 16.8. The summed E-state index contributed by atoms with van der Waals surface area (Å²) in [6.45, 7) is 10.3. The normalized spacial score (nSPS) is 33.2. The van der Waals surface area contributed by atoms with E-state index in [1.807, 2.05) is 0 Å². The van der Waals surface area contributed by atoms with Gasteiger partial charge in [0.15, 0.2) is 0 Å². The van der Waals surface area contributed by atoms with Gasteiger partial charge in [0.25, 0.3) is 0 Å². The molecule has 0 saturated carbocycles. The van der Waals surface area contributed by atoms with Crippen molar-refractivity contribution >= 4 is 0 Å². The molecule has 17 heavy (non-hydrogen) atoms. The Bertz CT molecular complexity index is 309. The SMILES string of the molecule is CC(C)C1=C(C(C)C)C2NCCC2C(CO)N1. The summed E-state index contributed by atoms with van der Waals surface area (Å²) in [4.78, 5) is 0. The Morgan fingerprint density at radius 1 is 1.24 bits per heavy atom. The maximum atomic E-state index is 9.55. The number of nitrogens with one attached hydrogen (secondary N) is 2. The molecule has 2 rings (SSSR count). The minimum absolute atomic E-state index is 0.231. The number of fused-ring (bicyclic) bond motifs is 1. The lowest BCUT2D eigenvalue weighted by Crippen LogP contribution is -2.52. The number of allylic oxidation sites excluding steroid dienone is 1. The van der Waals surface area contributed by atoms with Gasteiger partial charge in [-0.2, -0.15) is 0 Å². The lowest BCUT2D eigenvalue weighted by atomic mass is 9.77. The van der Waals surface area contributed by atoms with E-state index in [0.29, 0.717) is 23.8 Å². The Kier molecular flexibility index (Phi) is 3.79. The van der Waals surface area contributed by atoms with Gasteiger partial charge in [0.05, 0.1) is 12.6 Å². The number of hydrogen-bond donors (Lipinski definition) is 3. The van der Waals surface area contributed by atoms with Crippen molar-refractivity contribution in [2.45, 2.75) is 46.2 Å². The van der Waals surface area contributed by atoms with Gasteiger partial charge in [-0.15, -0.1) is 0 Å². The first-order valence-electron chi connectivity index (χ1n) is 6.91. The van der Waals surface area contributed by atoms with E-state index >= 15 is 0 Å². The van der Waals surface area contributed by atoms with E-state index in [2.05, 4.69) is 38.3 Å². The molecule has 3 unspecified atom stereocenters. The van der Waals surface area contributed by atoms with Gasteiger partial charge < -0.3 is 15.7 Å². The summed E-state index contributed by atoms with van der Waals surface area (Å²) < 4.78 is 0. The summed E-state index contributed by atoms with van der Waals surface area (Å²) in [5.41, 5.74) is 2.89. The Hall–Kier alpha value is -0.540. The standard InChI is InChI=1S/C14H26N2O/c1-8(2)12-13(9(3)4)16-11(7-17)10-5-6-15-14(10)12/h8-11,14-17H,5-7H2,1-4H3. The first kappa shape index (κ1) is 12.9. The summed E-state index contributed by atoms with van der Waals surface area (Å²) in [6.07, 6.45) is 1.17. The van der Waals surface area contributed by atoms with Gasteiger partial charge in [0.1, 0.15) is 0 Å². The quantitative estimate of drug-likeness (QED) is 0.698. The molecule has 0 aromatic carbocycles. The molecule has 0 aromatic rings. The summed E-state index contributed by atoms with van der Waals surface area (Å²) in [6, 6.07) is 0.709. The van der Waals surface area contributed by atoms with E-state index in [1.54, 1.807) is 0 Å². The van der Waals surface area contributed by atoms with E-state index in [-0.39, 0.29) is 12.6 Å². The molecule has 0 bridgehead atoms. The highest BCUT2D eigenvalue weighted by molar-refractivity contribution is 5.29. The number of aliphatic hydroxyl groups is 1. The van der Waals surface area contributed by atoms with Crippen molar-refractivity contribution in [1.82, 2.24) is 10.6 Å². The average molecular weight is 238 g/mol. The maximum absolute atomic E-state index is 9.55. The first-order chi connectivity index (χ1) is 8.06. The topological polar surface area (TPSA) is 44.3 Å². The highest BCUT2D eigenvalue weighted by Crippen LogP contribution is 2.36. The van der Waals surface area contributed by atoms with Gasteiger partial charge in [-0.1, -0.05) is 27.7 Å². The minimum Gasteiger partial charge on any atom is -0.394 e. The van der Waals surface area contributed by atoms with Gasteiger partial charge in [-0.05, 0) is 30.4 Å². The molecule has 3 nitrogen and oxygen atoms in total. The lowest BCUT2D eigenvalue weighted by molar-refractivity contribution is 0.185. The van der Waals surface area contributed by atoms with Gasteiger partial charge >= 0.3 is 0 Å². The Morgan fingerprint density at radius 3 is 2.47 bits per heavy atom. The fourth-order valence-electron chi connectivity index (χ4n) is 3.41. The molecule has 0 aliphatic carbocycles. The Morgan fingerprint density at radius 2 is 1.94 bits per heavy atom. The molecular weight excluding hydrogens is 212 g/mol. The van der Waals surface area contributed by atoms with Crippen molar-refractivity contribution in [3.05, 3.63) is 11.3 Å². The average Bonchev–Trinajstić information content (AvgIpc) is 2.74. The molecule has 0 amide bonds. The maximum Gasteiger partial charge on any atom is 0.0636 e. The molecule has 0 spiro atoms. The van der Waals surface area contributed by atoms with Gasteiger partial charge in [0, 0.05) is 17.7 Å². The van der Waals surface area contributed by atoms with Crippen LogP contribution in [0.1, 0.15) is 34.1 Å². The third-order valence-electron chi connectivity index (χ3n) is 4.17. The van der Waals surface area contributed by atoms with Crippen molar-refractivity contribution in [3.63, 3.8) is 0 Å². The van der Waals surface area contributed by atoms with Crippen molar-refractivity contribution < 1.29 is 5.11 Å². The first-order valence-corrected chi connectivity index (χ1v) is 6.91. The Labute approximate surface area is 105 Å². The number of aliphatic hydroxyl groups excluding tert-OH is 1. The van der Waals surface area contributed by atoms with Crippen LogP contribution < -0.4 is 10.6 Å². The second-order valence-corrected chi connectivity index (χ2v) is 6.00. The highest BCUT2D eigenvalue weighted by Gasteiger charge is 2.41. The molecule has 1 saturated heterocycles. The largest absolute Gasteiger partial charge is 0.394 e. The van der Waals surface area contributed by atoms with E-state index in [1.165, 1.54) is 17.7 Å². The molecule has 98 valence electrons. The molecule has 1 fully saturated rings. The van der Waals surface area contributed by atoms with Gasteiger partial charge in [-0.25, -0.2) is 0 Å². The molecule has 3 atom stereocenters. The summed E-state index contributed by atoms with van der Waals surface area (Å²) >= 11 is 0. The fourth-order valence-corrected chi connectivity index (χ4v) is 3.41. The van der Waals surface area contributed by atoms with Crippen LogP contribution in [-0.4, -0.2) is 30.3 Å². The van der Waals surface area contributed by atoms with Gasteiger partial charge in [0.2, 0.25) is 0 Å². The smallest absolute Gasteiger partial charge is 0.0636 e. The van der Waals surface area contributed by atoms with Gasteiger partial charge in [-0.3, -0.25) is 0 Å². The zero-order valence-electron chi connectivity index (χ0n) is 11.5. The molecular formula is C14H26N2O. The molecule has 2 aliphatic rings. The van der Waals surface area contributed by atoms with E-state index in [4.69, 9.17) is 0 Å². The molecule has 3 heteroatoms. The van der Waals surface area contributed by atoms with E-state index < -0.39 is 0 Å². The third kappa shape index (κ3) is 2.23. The minimum atomic E-state index is 0.231. The van der Waals surface area contributed by atoms with Crippen molar-refractivity contribution in [2.75, 3.05) is 13.2 Å². The summed E-state index contributed by atoms with van der Waals surface area (Å²) in [7, 11) is 0. The highest BCUT2D eigenvalue weighted by atomic mass is 16.3. The van der Waals surface area contributed by atoms with Crippen LogP contribution in [0.25, 0.3) is 0 Å². The summed E-state index contributed by atoms with van der Waals surface area (Å²) in [5.74, 6) is 1.63. The van der Waals surface area contributed by atoms with Crippen LogP contribution in [0.15, 0.2) is 11.3 Å². The van der Waals surface area contributed by atoms with Crippen LogP contribution in [0.5, 0.6) is 0 Å². The van der Waals surface area contributed by atoms with E-state index in [0.717, 1.165) is 6.54 Å². The Balaban J connectivity index is 2.38. The fraction of sp³-hybridized carbons (Fsp3) is 0.857. The van der Waals surface area contributed by atoms with Crippen molar-refractivity contribution in [2.24, 2.45) is 17.8 Å². The number of hydrogen-bond acceptors (Lipinski definition) is 3. The number of rotatable bonds is 3. The van der Waals surface area contributed by atoms with Crippen LogP contribution in [0.3, 0.4) is 0 Å². The van der Waals surface area contributed by atoms with Crippen LogP contribution in [0.2, 0.25) is 0 Å². The van der Waals surface area contributed by atoms with Crippen molar-refractivity contribution in [1.29, 1.82) is 0 Å². The predicted octanol–water partition coefficient (Wildman–Crippen LogP) is 1.49. The molecule has 3 N–H and O–H groups in total. The molecule has 0 radical (unpaired) electrons. The van der Waals surface area contributed by atoms with Crippen LogP contribution in [0.4, 0.5) is 0 Å². The van der Waals surface area contributed by atoms with E-state index in [9.17, 15) is 5.11 Å². The molecule has 0 aromatic heterocycles. The second kappa shape index (κ2) is 4.99. The molecule has 2 aliphatic heterocycles. The second-order valence-electron chi connectivity index (χ2n) is 6.00. The van der Waals surface area contributed by atoms with Crippen LogP contribution in [-0.2, 0) is 0 Å².